The maximum atomic E-state index is 5.70. The van der Waals surface area contributed by atoms with Gasteiger partial charge in [-0.15, -0.1) is 0 Å². The van der Waals surface area contributed by atoms with Crippen LogP contribution in [0.2, 0.25) is 5.31 Å². The number of thiocarbonyl (C=S) groups is 1. The van der Waals surface area contributed by atoms with E-state index in [1.807, 2.05) is 11.8 Å². The minimum Gasteiger partial charge on any atom is -0.351 e. The van der Waals surface area contributed by atoms with Crippen molar-refractivity contribution >= 4 is 36.1 Å². The highest BCUT2D eigenvalue weighted by Gasteiger charge is 2.41. The zero-order chi connectivity index (χ0) is 16.5. The Morgan fingerprint density at radius 3 is 2.55 bits per heavy atom. The zero-order valence-electron chi connectivity index (χ0n) is 15.4. The van der Waals surface area contributed by atoms with Gasteiger partial charge in [-0.2, -0.15) is 0 Å². The minimum absolute atomic E-state index is 0.522. The van der Waals surface area contributed by atoms with Crippen LogP contribution in [0.5, 0.6) is 0 Å². The highest BCUT2D eigenvalue weighted by Crippen LogP contribution is 2.48. The molecule has 1 saturated carbocycles. The van der Waals surface area contributed by atoms with Crippen LogP contribution < -0.4 is 0 Å². The number of thioether (sulfide) groups is 1. The molecule has 2 rings (SSSR count). The van der Waals surface area contributed by atoms with E-state index in [0.29, 0.717) is 17.4 Å². The number of rotatable bonds is 2. The zero-order valence-corrected chi connectivity index (χ0v) is 17.0. The molecular formula is C18H34BNS2. The highest BCUT2D eigenvalue weighted by atomic mass is 32.2. The number of fused-ring (bicyclic) bond motifs is 1. The summed E-state index contributed by atoms with van der Waals surface area (Å²) in [6.45, 7) is 11.9. The lowest BCUT2D eigenvalue weighted by atomic mass is 9.55. The molecule has 4 atom stereocenters. The Hall–Kier alpha value is 0.305. The third kappa shape index (κ3) is 4.04. The van der Waals surface area contributed by atoms with Gasteiger partial charge in [-0.25, -0.2) is 0 Å². The van der Waals surface area contributed by atoms with Crippen molar-refractivity contribution in [3.8, 4) is 0 Å². The molecule has 22 heavy (non-hydrogen) atoms. The predicted molar refractivity (Wildman–Crippen MR) is 108 cm³/mol. The normalized spacial score (nSPS) is 37.7. The summed E-state index contributed by atoms with van der Waals surface area (Å²) in [5.74, 6) is 1.59. The lowest BCUT2D eigenvalue weighted by molar-refractivity contribution is 0.218. The molecule has 2 fully saturated rings. The molecule has 4 unspecified atom stereocenters. The Kier molecular flexibility index (Phi) is 6.32. The monoisotopic (exact) mass is 339 g/mol. The minimum atomic E-state index is 0.522. The first-order valence-corrected chi connectivity index (χ1v) is 10.5. The van der Waals surface area contributed by atoms with E-state index in [1.165, 1.54) is 38.5 Å². The summed E-state index contributed by atoms with van der Waals surface area (Å²) >= 11 is 7.70. The molecule has 1 heterocycles. The first-order valence-electron chi connectivity index (χ1n) is 9.23. The SMILES string of the molecule is BC1(C(C)C)CCCCC2C(CC(C)C1)SC(=S)N2C(C)C. The fraction of sp³-hybridized carbons (Fsp3) is 0.944. The van der Waals surface area contributed by atoms with Crippen LogP contribution in [0, 0.1) is 11.8 Å². The molecule has 0 radical (unpaired) electrons. The van der Waals surface area contributed by atoms with Crippen LogP contribution in [0.1, 0.15) is 73.1 Å². The molecule has 0 aromatic rings. The van der Waals surface area contributed by atoms with E-state index >= 15 is 0 Å². The lowest BCUT2D eigenvalue weighted by Crippen LogP contribution is -2.42. The van der Waals surface area contributed by atoms with E-state index in [0.717, 1.165) is 21.4 Å². The number of hydrogen-bond acceptors (Lipinski definition) is 2. The molecule has 126 valence electrons. The van der Waals surface area contributed by atoms with Crippen LogP contribution >= 0.6 is 24.0 Å². The van der Waals surface area contributed by atoms with Crippen LogP contribution in [-0.2, 0) is 0 Å². The van der Waals surface area contributed by atoms with Crippen molar-refractivity contribution < 1.29 is 0 Å². The van der Waals surface area contributed by atoms with E-state index < -0.39 is 0 Å². The molecule has 0 aromatic heterocycles. The molecular weight excluding hydrogens is 305 g/mol. The van der Waals surface area contributed by atoms with E-state index in [9.17, 15) is 0 Å². The summed E-state index contributed by atoms with van der Waals surface area (Å²) < 4.78 is 1.16. The molecule has 0 N–H and O–H groups in total. The molecule has 1 saturated heterocycles. The molecule has 0 aromatic carbocycles. The van der Waals surface area contributed by atoms with Crippen molar-refractivity contribution in [1.82, 2.24) is 4.90 Å². The summed E-state index contributed by atoms with van der Waals surface area (Å²) in [5.41, 5.74) is 0. The quantitative estimate of drug-likeness (QED) is 0.520. The molecule has 1 aliphatic heterocycles. The second-order valence-corrected chi connectivity index (χ2v) is 10.5. The molecule has 1 aliphatic carbocycles. The van der Waals surface area contributed by atoms with E-state index in [2.05, 4.69) is 47.4 Å². The van der Waals surface area contributed by atoms with Crippen LogP contribution in [0.4, 0.5) is 0 Å². The standard InChI is InChI=1S/C18H34BNS2/c1-12(2)18(19)9-7-6-8-15-16(10-14(5)11-18)22-17(21)20(15)13(3)4/h12-16H,6-11,19H2,1-5H3. The van der Waals surface area contributed by atoms with Gasteiger partial charge < -0.3 is 4.90 Å². The van der Waals surface area contributed by atoms with Gasteiger partial charge in [0.1, 0.15) is 12.2 Å². The van der Waals surface area contributed by atoms with Gasteiger partial charge in [0.25, 0.3) is 0 Å². The fourth-order valence-electron chi connectivity index (χ4n) is 4.49. The molecule has 0 bridgehead atoms. The van der Waals surface area contributed by atoms with E-state index in [1.54, 1.807) is 0 Å². The number of nitrogens with zero attached hydrogens (tertiary/aromatic N) is 1. The van der Waals surface area contributed by atoms with Crippen LogP contribution in [-0.4, -0.2) is 34.4 Å². The van der Waals surface area contributed by atoms with Gasteiger partial charge in [-0.3, -0.25) is 0 Å². The van der Waals surface area contributed by atoms with Gasteiger partial charge in [0, 0.05) is 17.3 Å². The van der Waals surface area contributed by atoms with Crippen molar-refractivity contribution in [3.63, 3.8) is 0 Å². The highest BCUT2D eigenvalue weighted by molar-refractivity contribution is 8.23. The van der Waals surface area contributed by atoms with Crippen molar-refractivity contribution in [2.45, 2.75) is 95.8 Å². The van der Waals surface area contributed by atoms with Gasteiger partial charge in [0.15, 0.2) is 0 Å². The number of hydrogen-bond donors (Lipinski definition) is 0. The summed E-state index contributed by atoms with van der Waals surface area (Å²) in [7, 11) is 2.53. The Bertz CT molecular complexity index is 399. The predicted octanol–water partition coefficient (Wildman–Crippen LogP) is 4.90. The van der Waals surface area contributed by atoms with Gasteiger partial charge in [0.05, 0.1) is 0 Å². The lowest BCUT2D eigenvalue weighted by Gasteiger charge is -2.39. The summed E-state index contributed by atoms with van der Waals surface area (Å²) in [4.78, 5) is 2.54. The second-order valence-electron chi connectivity index (χ2n) is 8.59. The maximum Gasteiger partial charge on any atom is 0.137 e. The van der Waals surface area contributed by atoms with Crippen molar-refractivity contribution in [1.29, 1.82) is 0 Å². The smallest absolute Gasteiger partial charge is 0.137 e. The van der Waals surface area contributed by atoms with Gasteiger partial charge in [-0.05, 0) is 38.5 Å². The first-order chi connectivity index (χ1) is 10.2. The van der Waals surface area contributed by atoms with Crippen LogP contribution in [0.15, 0.2) is 0 Å². The van der Waals surface area contributed by atoms with Crippen LogP contribution in [0.3, 0.4) is 0 Å². The first kappa shape index (κ1) is 18.6. The van der Waals surface area contributed by atoms with Gasteiger partial charge >= 0.3 is 0 Å². The maximum absolute atomic E-state index is 5.70. The summed E-state index contributed by atoms with van der Waals surface area (Å²) in [5, 5.41) is 1.24. The largest absolute Gasteiger partial charge is 0.351 e. The van der Waals surface area contributed by atoms with Gasteiger partial charge in [-0.1, -0.05) is 75.7 Å². The Labute approximate surface area is 148 Å². The van der Waals surface area contributed by atoms with Gasteiger partial charge in [0.2, 0.25) is 0 Å². The summed E-state index contributed by atoms with van der Waals surface area (Å²) in [6.07, 6.45) is 8.19. The average molecular weight is 339 g/mol. The third-order valence-electron chi connectivity index (χ3n) is 6.15. The Balaban J connectivity index is 2.14. The van der Waals surface area contributed by atoms with Crippen LogP contribution in [0.25, 0.3) is 0 Å². The second kappa shape index (κ2) is 7.46. The fourth-order valence-corrected chi connectivity index (χ4v) is 6.79. The molecule has 0 spiro atoms. The van der Waals surface area contributed by atoms with Crippen molar-refractivity contribution in [2.24, 2.45) is 11.8 Å². The summed E-state index contributed by atoms with van der Waals surface area (Å²) in [6, 6.07) is 1.23. The molecule has 2 aliphatic rings. The Morgan fingerprint density at radius 2 is 1.95 bits per heavy atom. The molecule has 1 nitrogen and oxygen atoms in total. The topological polar surface area (TPSA) is 3.24 Å². The Morgan fingerprint density at radius 1 is 1.27 bits per heavy atom. The van der Waals surface area contributed by atoms with Crippen molar-refractivity contribution in [2.75, 3.05) is 0 Å². The third-order valence-corrected chi connectivity index (χ3v) is 7.87. The average Bonchev–Trinajstić information content (AvgIpc) is 2.69. The van der Waals surface area contributed by atoms with Crippen molar-refractivity contribution in [3.05, 3.63) is 0 Å². The van der Waals surface area contributed by atoms with E-state index in [4.69, 9.17) is 12.2 Å². The molecule has 0 amide bonds. The molecule has 4 heteroatoms. The van der Waals surface area contributed by atoms with E-state index in [-0.39, 0.29) is 0 Å².